The molecule has 4 rings (SSSR count). The van der Waals surface area contributed by atoms with Crippen LogP contribution in [0.25, 0.3) is 11.0 Å². The van der Waals surface area contributed by atoms with Crippen LogP contribution in [-0.4, -0.2) is 12.5 Å². The average molecular weight is 458 g/mol. The van der Waals surface area contributed by atoms with Crippen LogP contribution in [0.15, 0.2) is 69.9 Å². The molecule has 0 spiro atoms. The van der Waals surface area contributed by atoms with Crippen molar-refractivity contribution in [1.29, 1.82) is 0 Å². The second-order valence-corrected chi connectivity index (χ2v) is 8.20. The Kier molecular flexibility index (Phi) is 6.68. The number of aryl methyl sites for hydroxylation is 4. The van der Waals surface area contributed by atoms with Gasteiger partial charge in [-0.15, -0.1) is 0 Å². The van der Waals surface area contributed by atoms with Gasteiger partial charge in [0.2, 0.25) is 11.2 Å². The van der Waals surface area contributed by atoms with Crippen molar-refractivity contribution >= 4 is 22.6 Å². The van der Waals surface area contributed by atoms with E-state index >= 15 is 0 Å². The van der Waals surface area contributed by atoms with E-state index in [4.69, 9.17) is 13.9 Å². The van der Waals surface area contributed by atoms with Crippen LogP contribution < -0.4 is 20.2 Å². The molecule has 6 heteroatoms. The fourth-order valence-electron chi connectivity index (χ4n) is 3.70. The topological polar surface area (TPSA) is 77.8 Å². The van der Waals surface area contributed by atoms with E-state index in [1.54, 1.807) is 31.2 Å². The molecule has 0 aliphatic carbocycles. The molecule has 0 bridgehead atoms. The van der Waals surface area contributed by atoms with Gasteiger partial charge < -0.3 is 19.2 Å². The smallest absolute Gasteiger partial charge is 0.262 e. The van der Waals surface area contributed by atoms with Gasteiger partial charge in [0.1, 0.15) is 22.8 Å². The maximum atomic E-state index is 13.2. The Bertz CT molecular complexity index is 1410. The molecule has 0 saturated carbocycles. The summed E-state index contributed by atoms with van der Waals surface area (Å²) in [5.41, 5.74) is 3.72. The minimum Gasteiger partial charge on any atom is -0.483 e. The van der Waals surface area contributed by atoms with Crippen LogP contribution in [0.4, 0.5) is 5.69 Å². The lowest BCUT2D eigenvalue weighted by Crippen LogP contribution is -2.21. The molecule has 3 aromatic carbocycles. The summed E-state index contributed by atoms with van der Waals surface area (Å²) < 4.78 is 17.6. The lowest BCUT2D eigenvalue weighted by Gasteiger charge is -2.14. The molecule has 1 amide bonds. The molecule has 34 heavy (non-hydrogen) atoms. The lowest BCUT2D eigenvalue weighted by atomic mass is 10.1. The molecule has 4 aromatic rings. The van der Waals surface area contributed by atoms with Gasteiger partial charge in [0.15, 0.2) is 6.61 Å². The number of ether oxygens (including phenoxy) is 2. The van der Waals surface area contributed by atoms with Crippen LogP contribution in [0.1, 0.15) is 29.4 Å². The molecule has 0 aliphatic rings. The van der Waals surface area contributed by atoms with E-state index in [9.17, 15) is 9.59 Å². The largest absolute Gasteiger partial charge is 0.483 e. The van der Waals surface area contributed by atoms with Crippen LogP contribution in [0.3, 0.4) is 0 Å². The maximum Gasteiger partial charge on any atom is 0.262 e. The van der Waals surface area contributed by atoms with Gasteiger partial charge in [0, 0.05) is 11.8 Å². The zero-order valence-corrected chi connectivity index (χ0v) is 19.7. The molecular formula is C28H27NO5. The number of nitrogens with one attached hydrogen (secondary N) is 1. The number of benzene rings is 3. The van der Waals surface area contributed by atoms with Gasteiger partial charge in [-0.3, -0.25) is 9.59 Å². The number of carbonyl (C=O) groups excluding carboxylic acids is 1. The molecule has 0 radical (unpaired) electrons. The molecule has 6 nitrogen and oxygen atoms in total. The van der Waals surface area contributed by atoms with Crippen molar-refractivity contribution in [2.75, 3.05) is 11.9 Å². The molecule has 0 saturated heterocycles. The Morgan fingerprint density at radius 3 is 2.50 bits per heavy atom. The minimum atomic E-state index is -0.264. The first-order chi connectivity index (χ1) is 16.4. The molecule has 174 valence electrons. The molecule has 1 heterocycles. The number of carbonyl (C=O) groups is 1. The van der Waals surface area contributed by atoms with E-state index in [2.05, 4.69) is 5.32 Å². The lowest BCUT2D eigenvalue weighted by molar-refractivity contribution is -0.118. The third kappa shape index (κ3) is 4.96. The van der Waals surface area contributed by atoms with Crippen molar-refractivity contribution in [3.05, 3.63) is 93.3 Å². The summed E-state index contributed by atoms with van der Waals surface area (Å²) in [6, 6.07) is 18.4. The van der Waals surface area contributed by atoms with Crippen molar-refractivity contribution in [2.45, 2.75) is 34.1 Å². The highest BCUT2D eigenvalue weighted by Gasteiger charge is 2.17. The van der Waals surface area contributed by atoms with Gasteiger partial charge >= 0.3 is 0 Å². The third-order valence-corrected chi connectivity index (χ3v) is 5.57. The molecule has 1 N–H and O–H groups in total. The van der Waals surface area contributed by atoms with E-state index in [-0.39, 0.29) is 23.7 Å². The Morgan fingerprint density at radius 2 is 1.76 bits per heavy atom. The van der Waals surface area contributed by atoms with E-state index in [1.807, 2.05) is 57.2 Å². The fourth-order valence-corrected chi connectivity index (χ4v) is 3.70. The molecule has 0 fully saturated rings. The number of para-hydroxylation sites is 1. The number of rotatable bonds is 7. The highest BCUT2D eigenvalue weighted by atomic mass is 16.5. The molecular weight excluding hydrogens is 430 g/mol. The Hall–Kier alpha value is -4.06. The summed E-state index contributed by atoms with van der Waals surface area (Å²) in [7, 11) is 0. The van der Waals surface area contributed by atoms with Crippen LogP contribution in [0, 0.1) is 20.8 Å². The molecule has 0 aliphatic heterocycles. The molecule has 0 atom stereocenters. The second-order valence-electron chi connectivity index (χ2n) is 8.20. The summed E-state index contributed by atoms with van der Waals surface area (Å²) in [5.74, 6) is 1.32. The van der Waals surface area contributed by atoms with Crippen LogP contribution in [0.2, 0.25) is 0 Å². The second kappa shape index (κ2) is 9.83. The Balaban J connectivity index is 1.58. The summed E-state index contributed by atoms with van der Waals surface area (Å²) in [4.78, 5) is 25.7. The van der Waals surface area contributed by atoms with Crippen LogP contribution in [-0.2, 0) is 11.2 Å². The van der Waals surface area contributed by atoms with Crippen molar-refractivity contribution in [3.63, 3.8) is 0 Å². The predicted molar refractivity (Wildman–Crippen MR) is 133 cm³/mol. The van der Waals surface area contributed by atoms with E-state index < -0.39 is 0 Å². The van der Waals surface area contributed by atoms with E-state index in [0.29, 0.717) is 34.6 Å². The quantitative estimate of drug-likeness (QED) is 0.363. The number of amides is 1. The number of hydrogen-bond donors (Lipinski definition) is 1. The minimum absolute atomic E-state index is 0.155. The van der Waals surface area contributed by atoms with E-state index in [0.717, 1.165) is 22.4 Å². The summed E-state index contributed by atoms with van der Waals surface area (Å²) in [6.45, 7) is 7.39. The standard InChI is InChI=1S/C28H27NO5/c1-5-20-14-22-25(33-19(4)28(27(22)31)34-21-9-7-6-8-10-21)15-24(20)32-16-26(30)29-23-13-17(2)11-12-18(23)3/h6-15H,5,16H2,1-4H3,(H,29,30). The first-order valence-corrected chi connectivity index (χ1v) is 11.2. The fraction of sp³-hybridized carbons (Fsp3) is 0.214. The summed E-state index contributed by atoms with van der Waals surface area (Å²) >= 11 is 0. The van der Waals surface area contributed by atoms with Crippen molar-refractivity contribution in [2.24, 2.45) is 0 Å². The maximum absolute atomic E-state index is 13.2. The number of hydrogen-bond acceptors (Lipinski definition) is 5. The molecule has 1 aromatic heterocycles. The first-order valence-electron chi connectivity index (χ1n) is 11.2. The summed E-state index contributed by atoms with van der Waals surface area (Å²) in [6.07, 6.45) is 0.617. The highest BCUT2D eigenvalue weighted by molar-refractivity contribution is 5.92. The third-order valence-electron chi connectivity index (χ3n) is 5.57. The monoisotopic (exact) mass is 457 g/mol. The van der Waals surface area contributed by atoms with Crippen molar-refractivity contribution < 1.29 is 18.7 Å². The average Bonchev–Trinajstić information content (AvgIpc) is 2.83. The normalized spacial score (nSPS) is 10.8. The van der Waals surface area contributed by atoms with E-state index in [1.165, 1.54) is 0 Å². The summed E-state index contributed by atoms with van der Waals surface area (Å²) in [5, 5.41) is 3.29. The van der Waals surface area contributed by atoms with Gasteiger partial charge in [-0.25, -0.2) is 0 Å². The van der Waals surface area contributed by atoms with Crippen molar-refractivity contribution in [3.8, 4) is 17.2 Å². The van der Waals surface area contributed by atoms with Gasteiger partial charge in [0.25, 0.3) is 5.91 Å². The zero-order chi connectivity index (χ0) is 24.2. The van der Waals surface area contributed by atoms with Crippen LogP contribution in [0.5, 0.6) is 17.2 Å². The van der Waals surface area contributed by atoms with Crippen molar-refractivity contribution in [1.82, 2.24) is 0 Å². The Labute approximate surface area is 198 Å². The Morgan fingerprint density at radius 1 is 1.00 bits per heavy atom. The van der Waals surface area contributed by atoms with Gasteiger partial charge in [0.05, 0.1) is 5.39 Å². The van der Waals surface area contributed by atoms with Gasteiger partial charge in [-0.05, 0) is 68.1 Å². The SMILES string of the molecule is CCc1cc2c(=O)c(Oc3ccccc3)c(C)oc2cc1OCC(=O)Nc1cc(C)ccc1C. The van der Waals surface area contributed by atoms with Crippen LogP contribution >= 0.6 is 0 Å². The zero-order valence-electron chi connectivity index (χ0n) is 19.7. The first kappa shape index (κ1) is 23.1. The number of anilines is 1. The predicted octanol–water partition coefficient (Wildman–Crippen LogP) is 6.09. The molecule has 0 unspecified atom stereocenters. The highest BCUT2D eigenvalue weighted by Crippen LogP contribution is 2.30. The van der Waals surface area contributed by atoms with Gasteiger partial charge in [-0.1, -0.05) is 37.3 Å². The van der Waals surface area contributed by atoms with Gasteiger partial charge in [-0.2, -0.15) is 0 Å². The number of fused-ring (bicyclic) bond motifs is 1.